The Balaban J connectivity index is 2.24. The molecular formula is C13H11N3S. The van der Waals surface area contributed by atoms with Crippen LogP contribution in [-0.4, -0.2) is 20.6 Å². The maximum Gasteiger partial charge on any atom is 0.174 e. The van der Waals surface area contributed by atoms with Crippen molar-refractivity contribution in [2.75, 3.05) is 6.26 Å². The first-order chi connectivity index (χ1) is 8.38. The first-order valence-electron chi connectivity index (χ1n) is 5.32. The van der Waals surface area contributed by atoms with Gasteiger partial charge in [0.15, 0.2) is 5.16 Å². The van der Waals surface area contributed by atoms with Crippen LogP contribution in [0.5, 0.6) is 0 Å². The van der Waals surface area contributed by atoms with E-state index in [4.69, 9.17) is 0 Å². The number of aromatic nitrogens is 3. The number of thioether (sulfide) groups is 1. The van der Waals surface area contributed by atoms with E-state index in [0.29, 0.717) is 0 Å². The predicted molar refractivity (Wildman–Crippen MR) is 70.2 cm³/mol. The first kappa shape index (κ1) is 10.4. The topological polar surface area (TPSA) is 30.2 Å². The Morgan fingerprint density at radius 3 is 2.76 bits per heavy atom. The maximum absolute atomic E-state index is 4.65. The van der Waals surface area contributed by atoms with Crippen LogP contribution in [0.2, 0.25) is 0 Å². The fraction of sp³-hybridized carbons (Fsp3) is 0.0769. The summed E-state index contributed by atoms with van der Waals surface area (Å²) in [4.78, 5) is 8.97. The van der Waals surface area contributed by atoms with Crippen LogP contribution < -0.4 is 0 Å². The quantitative estimate of drug-likeness (QED) is 0.510. The van der Waals surface area contributed by atoms with Gasteiger partial charge in [-0.3, -0.25) is 4.40 Å². The van der Waals surface area contributed by atoms with Crippen molar-refractivity contribution in [1.29, 1.82) is 0 Å². The lowest BCUT2D eigenvalue weighted by atomic mass is 10.1. The highest BCUT2D eigenvalue weighted by Gasteiger charge is 2.06. The van der Waals surface area contributed by atoms with Crippen molar-refractivity contribution < 1.29 is 0 Å². The summed E-state index contributed by atoms with van der Waals surface area (Å²) in [5.74, 6) is 0. The summed E-state index contributed by atoms with van der Waals surface area (Å²) in [6.45, 7) is 0. The first-order valence-corrected chi connectivity index (χ1v) is 6.54. The minimum absolute atomic E-state index is 0.934. The van der Waals surface area contributed by atoms with Gasteiger partial charge < -0.3 is 0 Å². The lowest BCUT2D eigenvalue weighted by Gasteiger charge is -2.05. The molecule has 3 rings (SSSR count). The molecule has 0 radical (unpaired) electrons. The van der Waals surface area contributed by atoms with E-state index in [9.17, 15) is 0 Å². The molecular weight excluding hydrogens is 230 g/mol. The number of nitrogens with zero attached hydrogens (tertiary/aromatic N) is 3. The standard InChI is InChI=1S/C13H11N3S/c1-17-13-15-11(10-5-3-2-4-6-10)9-12-14-7-8-16(12)13/h2-9H,1H3. The molecule has 3 aromatic rings. The average molecular weight is 241 g/mol. The highest BCUT2D eigenvalue weighted by Crippen LogP contribution is 2.22. The second-order valence-corrected chi connectivity index (χ2v) is 4.42. The molecule has 17 heavy (non-hydrogen) atoms. The molecule has 4 heteroatoms. The minimum Gasteiger partial charge on any atom is -0.279 e. The highest BCUT2D eigenvalue weighted by atomic mass is 32.2. The molecule has 0 aliphatic rings. The number of fused-ring (bicyclic) bond motifs is 1. The van der Waals surface area contributed by atoms with Gasteiger partial charge in [0, 0.05) is 24.0 Å². The Morgan fingerprint density at radius 2 is 2.00 bits per heavy atom. The molecule has 1 aromatic carbocycles. The molecule has 0 aliphatic heterocycles. The second kappa shape index (κ2) is 4.22. The number of hydrogen-bond donors (Lipinski definition) is 0. The van der Waals surface area contributed by atoms with Gasteiger partial charge in [-0.1, -0.05) is 42.1 Å². The van der Waals surface area contributed by atoms with Gasteiger partial charge in [-0.05, 0) is 6.26 Å². The molecule has 0 atom stereocenters. The predicted octanol–water partition coefficient (Wildman–Crippen LogP) is 3.12. The fourth-order valence-electron chi connectivity index (χ4n) is 1.80. The normalized spacial score (nSPS) is 10.9. The summed E-state index contributed by atoms with van der Waals surface area (Å²) in [7, 11) is 0. The monoisotopic (exact) mass is 241 g/mol. The largest absolute Gasteiger partial charge is 0.279 e. The average Bonchev–Trinajstić information content (AvgIpc) is 2.86. The van der Waals surface area contributed by atoms with Crippen LogP contribution >= 0.6 is 11.8 Å². The molecule has 0 unspecified atom stereocenters. The number of hydrogen-bond acceptors (Lipinski definition) is 3. The van der Waals surface area contributed by atoms with Gasteiger partial charge in [-0.25, -0.2) is 9.97 Å². The van der Waals surface area contributed by atoms with Crippen molar-refractivity contribution >= 4 is 17.4 Å². The van der Waals surface area contributed by atoms with Crippen LogP contribution in [0.4, 0.5) is 0 Å². The Bertz CT molecular complexity index is 646. The summed E-state index contributed by atoms with van der Waals surface area (Å²) in [6, 6.07) is 12.2. The van der Waals surface area contributed by atoms with E-state index < -0.39 is 0 Å². The van der Waals surface area contributed by atoms with Crippen molar-refractivity contribution in [1.82, 2.24) is 14.4 Å². The molecule has 0 spiro atoms. The Hall–Kier alpha value is -1.81. The number of benzene rings is 1. The van der Waals surface area contributed by atoms with Gasteiger partial charge in [0.25, 0.3) is 0 Å². The molecule has 0 fully saturated rings. The lowest BCUT2D eigenvalue weighted by Crippen LogP contribution is -1.95. The zero-order valence-electron chi connectivity index (χ0n) is 9.37. The molecule has 0 N–H and O–H groups in total. The van der Waals surface area contributed by atoms with Crippen molar-refractivity contribution in [2.45, 2.75) is 5.16 Å². The Kier molecular flexibility index (Phi) is 2.57. The van der Waals surface area contributed by atoms with Gasteiger partial charge in [0.05, 0.1) is 5.69 Å². The van der Waals surface area contributed by atoms with Crippen molar-refractivity contribution in [3.63, 3.8) is 0 Å². The zero-order chi connectivity index (χ0) is 11.7. The molecule has 0 bridgehead atoms. The van der Waals surface area contributed by atoms with Gasteiger partial charge in [-0.2, -0.15) is 0 Å². The van der Waals surface area contributed by atoms with Crippen LogP contribution in [0.1, 0.15) is 0 Å². The van der Waals surface area contributed by atoms with Gasteiger partial charge >= 0.3 is 0 Å². The Labute approximate surface area is 104 Å². The van der Waals surface area contributed by atoms with Gasteiger partial charge in [-0.15, -0.1) is 0 Å². The molecule has 2 aromatic heterocycles. The fourth-order valence-corrected chi connectivity index (χ4v) is 2.34. The van der Waals surface area contributed by atoms with Crippen LogP contribution in [0, 0.1) is 0 Å². The molecule has 0 saturated carbocycles. The van der Waals surface area contributed by atoms with E-state index in [0.717, 1.165) is 22.1 Å². The third-order valence-corrected chi connectivity index (χ3v) is 3.26. The SMILES string of the molecule is CSc1nc(-c2ccccc2)cc2nccn12. The zero-order valence-corrected chi connectivity index (χ0v) is 10.2. The number of rotatable bonds is 2. The van der Waals surface area contributed by atoms with Crippen LogP contribution in [0.25, 0.3) is 16.9 Å². The third kappa shape index (κ3) is 1.80. The van der Waals surface area contributed by atoms with E-state index >= 15 is 0 Å². The van der Waals surface area contributed by atoms with Crippen molar-refractivity contribution in [3.8, 4) is 11.3 Å². The van der Waals surface area contributed by atoms with E-state index in [-0.39, 0.29) is 0 Å². The molecule has 0 amide bonds. The van der Waals surface area contributed by atoms with Gasteiger partial charge in [0.2, 0.25) is 0 Å². The van der Waals surface area contributed by atoms with Gasteiger partial charge in [0.1, 0.15) is 5.65 Å². The summed E-state index contributed by atoms with van der Waals surface area (Å²) in [6.07, 6.45) is 5.75. The Morgan fingerprint density at radius 1 is 1.18 bits per heavy atom. The van der Waals surface area contributed by atoms with Crippen molar-refractivity contribution in [2.24, 2.45) is 0 Å². The smallest absolute Gasteiger partial charge is 0.174 e. The summed E-state index contributed by atoms with van der Waals surface area (Å²) < 4.78 is 2.00. The van der Waals surface area contributed by atoms with E-state index in [1.54, 1.807) is 18.0 Å². The molecule has 0 saturated heterocycles. The molecule has 84 valence electrons. The van der Waals surface area contributed by atoms with Crippen LogP contribution in [0.15, 0.2) is 53.9 Å². The lowest BCUT2D eigenvalue weighted by molar-refractivity contribution is 0.910. The third-order valence-electron chi connectivity index (χ3n) is 2.61. The van der Waals surface area contributed by atoms with Crippen LogP contribution in [-0.2, 0) is 0 Å². The number of imidazole rings is 1. The highest BCUT2D eigenvalue weighted by molar-refractivity contribution is 7.98. The molecule has 2 heterocycles. The van der Waals surface area contributed by atoms with E-state index in [1.165, 1.54) is 0 Å². The second-order valence-electron chi connectivity index (χ2n) is 3.65. The van der Waals surface area contributed by atoms with Crippen LogP contribution in [0.3, 0.4) is 0 Å². The minimum atomic E-state index is 0.934. The van der Waals surface area contributed by atoms with Crippen molar-refractivity contribution in [3.05, 3.63) is 48.8 Å². The van der Waals surface area contributed by atoms with E-state index in [1.807, 2.05) is 41.1 Å². The van der Waals surface area contributed by atoms with E-state index in [2.05, 4.69) is 22.1 Å². The summed E-state index contributed by atoms with van der Waals surface area (Å²) in [5, 5.41) is 0.957. The molecule has 3 nitrogen and oxygen atoms in total. The maximum atomic E-state index is 4.65. The molecule has 0 aliphatic carbocycles. The summed E-state index contributed by atoms with van der Waals surface area (Å²) >= 11 is 1.62. The summed E-state index contributed by atoms with van der Waals surface area (Å²) in [5.41, 5.74) is 3.02.